The van der Waals surface area contributed by atoms with Crippen molar-refractivity contribution in [2.75, 3.05) is 14.2 Å². The predicted molar refractivity (Wildman–Crippen MR) is 112 cm³/mol. The number of nitrogens with zero attached hydrogens (tertiary/aromatic N) is 2. The zero-order chi connectivity index (χ0) is 17.0. The van der Waals surface area contributed by atoms with E-state index in [-0.39, 0.29) is 29.4 Å². The second-order valence-corrected chi connectivity index (χ2v) is 6.27. The van der Waals surface area contributed by atoms with Gasteiger partial charge in [-0.2, -0.15) is 0 Å². The second kappa shape index (κ2) is 8.51. The Morgan fingerprint density at radius 2 is 2.04 bits per heavy atom. The highest BCUT2D eigenvalue weighted by Gasteiger charge is 2.53. The maximum Gasteiger partial charge on any atom is 0.191 e. The third-order valence-electron chi connectivity index (χ3n) is 4.66. The fraction of sp³-hybridized carbons (Fsp3) is 0.368. The number of guanidine groups is 1. The summed E-state index contributed by atoms with van der Waals surface area (Å²) in [5.41, 5.74) is 2.30. The minimum atomic E-state index is 0. The van der Waals surface area contributed by atoms with Gasteiger partial charge in [0.2, 0.25) is 0 Å². The van der Waals surface area contributed by atoms with E-state index in [1.165, 1.54) is 5.56 Å². The molecule has 2 aromatic rings. The van der Waals surface area contributed by atoms with Gasteiger partial charge in [0, 0.05) is 30.3 Å². The van der Waals surface area contributed by atoms with Crippen molar-refractivity contribution >= 4 is 29.9 Å². The monoisotopic (exact) mass is 452 g/mol. The van der Waals surface area contributed by atoms with E-state index in [2.05, 4.69) is 39.7 Å². The first-order chi connectivity index (χ1) is 11.7. The lowest BCUT2D eigenvalue weighted by atomic mass is 9.96. The number of methoxy groups -OCH3 is 1. The van der Waals surface area contributed by atoms with Crippen molar-refractivity contribution in [2.45, 2.75) is 31.3 Å². The third-order valence-corrected chi connectivity index (χ3v) is 4.66. The Hall–Kier alpha value is -1.83. The van der Waals surface area contributed by atoms with Gasteiger partial charge < -0.3 is 15.4 Å². The standard InChI is InChI=1S/C19H24N4O.HI/c1-19(15-9-4-5-10-16(15)24-3)12-17(19)23-18(20-2)22-13-14-8-6-7-11-21-14;/h4-11,17H,12-13H2,1-3H3,(H2,20,22,23);1H. The molecular formula is C19H25IN4O. The first-order valence-corrected chi connectivity index (χ1v) is 8.18. The molecule has 3 rings (SSSR count). The van der Waals surface area contributed by atoms with Crippen LogP contribution in [0.1, 0.15) is 24.6 Å². The quantitative estimate of drug-likeness (QED) is 0.416. The number of hydrogen-bond donors (Lipinski definition) is 2. The molecule has 1 heterocycles. The Labute approximate surface area is 166 Å². The van der Waals surface area contributed by atoms with Crippen molar-refractivity contribution in [1.29, 1.82) is 0 Å². The van der Waals surface area contributed by atoms with E-state index in [4.69, 9.17) is 4.74 Å². The molecule has 0 amide bonds. The molecule has 1 aromatic carbocycles. The largest absolute Gasteiger partial charge is 0.496 e. The number of rotatable bonds is 5. The topological polar surface area (TPSA) is 58.5 Å². The summed E-state index contributed by atoms with van der Waals surface area (Å²) in [5, 5.41) is 6.83. The zero-order valence-corrected chi connectivity index (χ0v) is 17.2. The van der Waals surface area contributed by atoms with Gasteiger partial charge >= 0.3 is 0 Å². The van der Waals surface area contributed by atoms with Crippen LogP contribution in [-0.2, 0) is 12.0 Å². The lowest BCUT2D eigenvalue weighted by Gasteiger charge is -2.18. The molecular weight excluding hydrogens is 427 g/mol. The van der Waals surface area contributed by atoms with E-state index < -0.39 is 0 Å². The Balaban J connectivity index is 0.00000225. The fourth-order valence-corrected chi connectivity index (χ4v) is 3.03. The Bertz CT molecular complexity index is 722. The smallest absolute Gasteiger partial charge is 0.191 e. The number of aliphatic imine (C=N–C) groups is 1. The van der Waals surface area contributed by atoms with E-state index >= 15 is 0 Å². The first-order valence-electron chi connectivity index (χ1n) is 8.18. The molecule has 1 saturated carbocycles. The van der Waals surface area contributed by atoms with Gasteiger partial charge in [-0.1, -0.05) is 31.2 Å². The molecule has 2 unspecified atom stereocenters. The average molecular weight is 452 g/mol. The fourth-order valence-electron chi connectivity index (χ4n) is 3.03. The van der Waals surface area contributed by atoms with Crippen LogP contribution in [0, 0.1) is 0 Å². The van der Waals surface area contributed by atoms with Crippen molar-refractivity contribution in [1.82, 2.24) is 15.6 Å². The van der Waals surface area contributed by atoms with Crippen molar-refractivity contribution in [3.05, 3.63) is 59.9 Å². The van der Waals surface area contributed by atoms with Crippen molar-refractivity contribution in [3.8, 4) is 5.75 Å². The highest BCUT2D eigenvalue weighted by atomic mass is 127. The van der Waals surface area contributed by atoms with E-state index in [9.17, 15) is 0 Å². The maximum atomic E-state index is 5.51. The summed E-state index contributed by atoms with van der Waals surface area (Å²) < 4.78 is 5.51. The molecule has 2 atom stereocenters. The number of aromatic nitrogens is 1. The van der Waals surface area contributed by atoms with Crippen LogP contribution in [0.3, 0.4) is 0 Å². The van der Waals surface area contributed by atoms with Gasteiger partial charge in [0.1, 0.15) is 5.75 Å². The lowest BCUT2D eigenvalue weighted by Crippen LogP contribution is -2.40. The molecule has 2 N–H and O–H groups in total. The number of ether oxygens (including phenoxy) is 1. The van der Waals surface area contributed by atoms with Gasteiger partial charge in [-0.25, -0.2) is 0 Å². The van der Waals surface area contributed by atoms with Gasteiger partial charge in [0.15, 0.2) is 5.96 Å². The molecule has 0 radical (unpaired) electrons. The Morgan fingerprint density at radius 1 is 1.28 bits per heavy atom. The minimum Gasteiger partial charge on any atom is -0.496 e. The predicted octanol–water partition coefficient (Wildman–Crippen LogP) is 3.10. The number of pyridine rings is 1. The van der Waals surface area contributed by atoms with Crippen LogP contribution in [0.15, 0.2) is 53.7 Å². The molecule has 1 aliphatic carbocycles. The summed E-state index contributed by atoms with van der Waals surface area (Å²) in [5.74, 6) is 1.74. The maximum absolute atomic E-state index is 5.51. The molecule has 0 bridgehead atoms. The van der Waals surface area contributed by atoms with Crippen LogP contribution in [0.4, 0.5) is 0 Å². The van der Waals surface area contributed by atoms with Gasteiger partial charge in [-0.15, -0.1) is 24.0 Å². The third kappa shape index (κ3) is 4.42. The van der Waals surface area contributed by atoms with Crippen LogP contribution >= 0.6 is 24.0 Å². The number of nitrogens with one attached hydrogen (secondary N) is 2. The number of hydrogen-bond acceptors (Lipinski definition) is 3. The molecule has 134 valence electrons. The highest BCUT2D eigenvalue weighted by molar-refractivity contribution is 14.0. The Morgan fingerprint density at radius 3 is 2.72 bits per heavy atom. The molecule has 5 nitrogen and oxygen atoms in total. The first kappa shape index (κ1) is 19.5. The highest BCUT2D eigenvalue weighted by Crippen LogP contribution is 2.50. The van der Waals surface area contributed by atoms with Crippen molar-refractivity contribution < 1.29 is 4.74 Å². The molecule has 25 heavy (non-hydrogen) atoms. The van der Waals surface area contributed by atoms with E-state index in [0.29, 0.717) is 12.6 Å². The lowest BCUT2D eigenvalue weighted by molar-refractivity contribution is 0.404. The van der Waals surface area contributed by atoms with Crippen molar-refractivity contribution in [2.24, 2.45) is 4.99 Å². The summed E-state index contributed by atoms with van der Waals surface area (Å²) in [6.45, 7) is 2.91. The number of benzene rings is 1. The van der Waals surface area contributed by atoms with Gasteiger partial charge in [0.05, 0.1) is 19.3 Å². The van der Waals surface area contributed by atoms with Crippen LogP contribution in [0.25, 0.3) is 0 Å². The Kier molecular flexibility index (Phi) is 6.64. The van der Waals surface area contributed by atoms with E-state index in [1.54, 1.807) is 20.4 Å². The molecule has 1 fully saturated rings. The zero-order valence-electron chi connectivity index (χ0n) is 14.8. The second-order valence-electron chi connectivity index (χ2n) is 6.27. The summed E-state index contributed by atoms with van der Waals surface area (Å²) in [4.78, 5) is 8.64. The summed E-state index contributed by atoms with van der Waals surface area (Å²) in [6.07, 6.45) is 2.85. The molecule has 1 aromatic heterocycles. The van der Waals surface area contributed by atoms with Crippen LogP contribution in [0.2, 0.25) is 0 Å². The van der Waals surface area contributed by atoms with Gasteiger partial charge in [-0.3, -0.25) is 9.98 Å². The van der Waals surface area contributed by atoms with Crippen molar-refractivity contribution in [3.63, 3.8) is 0 Å². The molecule has 6 heteroatoms. The molecule has 0 spiro atoms. The normalized spacial score (nSPS) is 21.9. The minimum absolute atomic E-state index is 0. The SMILES string of the molecule is CN=C(NCc1ccccn1)NC1CC1(C)c1ccccc1OC.I. The average Bonchev–Trinajstić information content (AvgIpc) is 3.30. The van der Waals surface area contributed by atoms with E-state index in [1.807, 2.05) is 30.3 Å². The van der Waals surface area contributed by atoms with Gasteiger partial charge in [0.25, 0.3) is 0 Å². The molecule has 0 saturated heterocycles. The summed E-state index contributed by atoms with van der Waals surface area (Å²) in [6, 6.07) is 14.5. The summed E-state index contributed by atoms with van der Waals surface area (Å²) in [7, 11) is 3.51. The summed E-state index contributed by atoms with van der Waals surface area (Å²) >= 11 is 0. The molecule has 0 aliphatic heterocycles. The van der Waals surface area contributed by atoms with Gasteiger partial charge in [-0.05, 0) is 24.6 Å². The van der Waals surface area contributed by atoms with Crippen LogP contribution < -0.4 is 15.4 Å². The van der Waals surface area contributed by atoms with Crippen LogP contribution in [-0.4, -0.2) is 31.1 Å². The molecule has 1 aliphatic rings. The number of halogens is 1. The van der Waals surface area contributed by atoms with Crippen LogP contribution in [0.5, 0.6) is 5.75 Å². The number of para-hydroxylation sites is 1. The van der Waals surface area contributed by atoms with E-state index in [0.717, 1.165) is 23.8 Å².